The molecule has 1 fully saturated rings. The summed E-state index contributed by atoms with van der Waals surface area (Å²) in [4.78, 5) is 28.9. The summed E-state index contributed by atoms with van der Waals surface area (Å²) in [5, 5.41) is 2.95. The molecule has 1 unspecified atom stereocenters. The van der Waals surface area contributed by atoms with Crippen LogP contribution in [0.4, 0.5) is 4.39 Å². The molecule has 1 aliphatic rings. The van der Waals surface area contributed by atoms with Gasteiger partial charge in [0, 0.05) is 38.3 Å². The van der Waals surface area contributed by atoms with Gasteiger partial charge in [-0.1, -0.05) is 30.3 Å². The number of hydrogen-bond donors (Lipinski definition) is 1. The standard InChI is InChI=1S/C22H26FN3O2/c1-17(21(27)24-12-11-18-7-9-20(23)10-8-18)25-13-15-26(16-14-25)22(28)19-5-3-2-4-6-19/h2-10,17H,11-16H2,1H3,(H,24,27). The van der Waals surface area contributed by atoms with E-state index in [-0.39, 0.29) is 23.7 Å². The van der Waals surface area contributed by atoms with E-state index in [0.29, 0.717) is 44.7 Å². The first-order chi connectivity index (χ1) is 13.5. The zero-order valence-corrected chi connectivity index (χ0v) is 16.1. The van der Waals surface area contributed by atoms with Gasteiger partial charge in [-0.2, -0.15) is 0 Å². The third-order valence-electron chi connectivity index (χ3n) is 5.18. The minimum Gasteiger partial charge on any atom is -0.354 e. The maximum Gasteiger partial charge on any atom is 0.253 e. The lowest BCUT2D eigenvalue weighted by Gasteiger charge is -2.37. The van der Waals surface area contributed by atoms with Crippen LogP contribution in [0.25, 0.3) is 0 Å². The molecule has 5 nitrogen and oxygen atoms in total. The average molecular weight is 383 g/mol. The average Bonchev–Trinajstić information content (AvgIpc) is 2.74. The molecule has 28 heavy (non-hydrogen) atoms. The topological polar surface area (TPSA) is 52.7 Å². The summed E-state index contributed by atoms with van der Waals surface area (Å²) in [6, 6.07) is 15.3. The molecule has 0 aromatic heterocycles. The molecule has 1 heterocycles. The zero-order chi connectivity index (χ0) is 19.9. The Balaban J connectivity index is 1.42. The predicted octanol–water partition coefficient (Wildman–Crippen LogP) is 2.33. The van der Waals surface area contributed by atoms with Gasteiger partial charge in [0.05, 0.1) is 6.04 Å². The molecular formula is C22H26FN3O2. The Morgan fingerprint density at radius 3 is 2.29 bits per heavy atom. The van der Waals surface area contributed by atoms with Crippen LogP contribution >= 0.6 is 0 Å². The largest absolute Gasteiger partial charge is 0.354 e. The van der Waals surface area contributed by atoms with Crippen LogP contribution in [-0.4, -0.2) is 60.4 Å². The number of carbonyl (C=O) groups is 2. The molecule has 1 N–H and O–H groups in total. The Morgan fingerprint density at radius 2 is 1.64 bits per heavy atom. The lowest BCUT2D eigenvalue weighted by Crippen LogP contribution is -2.55. The number of halogens is 1. The van der Waals surface area contributed by atoms with Gasteiger partial charge in [-0.25, -0.2) is 4.39 Å². The van der Waals surface area contributed by atoms with Crippen molar-refractivity contribution in [2.24, 2.45) is 0 Å². The number of piperazine rings is 1. The van der Waals surface area contributed by atoms with E-state index in [1.165, 1.54) is 12.1 Å². The van der Waals surface area contributed by atoms with Crippen molar-refractivity contribution < 1.29 is 14.0 Å². The van der Waals surface area contributed by atoms with Crippen LogP contribution in [0.15, 0.2) is 54.6 Å². The summed E-state index contributed by atoms with van der Waals surface area (Å²) in [5.41, 5.74) is 1.69. The van der Waals surface area contributed by atoms with Gasteiger partial charge in [0.2, 0.25) is 5.91 Å². The second-order valence-corrected chi connectivity index (χ2v) is 7.04. The first kappa shape index (κ1) is 20.0. The van der Waals surface area contributed by atoms with Gasteiger partial charge in [0.15, 0.2) is 0 Å². The highest BCUT2D eigenvalue weighted by atomic mass is 19.1. The van der Waals surface area contributed by atoms with E-state index >= 15 is 0 Å². The maximum atomic E-state index is 12.9. The molecule has 3 rings (SSSR count). The molecule has 6 heteroatoms. The second kappa shape index (κ2) is 9.46. The highest BCUT2D eigenvalue weighted by molar-refractivity contribution is 5.94. The van der Waals surface area contributed by atoms with Gasteiger partial charge in [-0.3, -0.25) is 14.5 Å². The van der Waals surface area contributed by atoms with E-state index < -0.39 is 0 Å². The number of benzene rings is 2. The Bertz CT molecular complexity index is 787. The van der Waals surface area contributed by atoms with Crippen LogP contribution in [-0.2, 0) is 11.2 Å². The molecular weight excluding hydrogens is 357 g/mol. The molecule has 0 saturated carbocycles. The van der Waals surface area contributed by atoms with Crippen molar-refractivity contribution in [3.05, 3.63) is 71.5 Å². The molecule has 1 atom stereocenters. The number of carbonyl (C=O) groups excluding carboxylic acids is 2. The molecule has 2 aromatic rings. The van der Waals surface area contributed by atoms with Crippen molar-refractivity contribution in [3.63, 3.8) is 0 Å². The lowest BCUT2D eigenvalue weighted by atomic mass is 10.1. The monoisotopic (exact) mass is 383 g/mol. The molecule has 0 aliphatic carbocycles. The fourth-order valence-electron chi connectivity index (χ4n) is 3.37. The smallest absolute Gasteiger partial charge is 0.253 e. The number of nitrogens with one attached hydrogen (secondary N) is 1. The Labute approximate surface area is 165 Å². The zero-order valence-electron chi connectivity index (χ0n) is 16.1. The van der Waals surface area contributed by atoms with E-state index in [0.717, 1.165) is 5.56 Å². The van der Waals surface area contributed by atoms with Crippen LogP contribution in [0.5, 0.6) is 0 Å². The summed E-state index contributed by atoms with van der Waals surface area (Å²) in [7, 11) is 0. The summed E-state index contributed by atoms with van der Waals surface area (Å²) < 4.78 is 12.9. The summed E-state index contributed by atoms with van der Waals surface area (Å²) in [6.07, 6.45) is 0.665. The van der Waals surface area contributed by atoms with Gasteiger partial charge in [-0.15, -0.1) is 0 Å². The third-order valence-corrected chi connectivity index (χ3v) is 5.18. The van der Waals surface area contributed by atoms with E-state index in [9.17, 15) is 14.0 Å². The van der Waals surface area contributed by atoms with Crippen molar-refractivity contribution >= 4 is 11.8 Å². The van der Waals surface area contributed by atoms with Gasteiger partial charge in [0.25, 0.3) is 5.91 Å². The van der Waals surface area contributed by atoms with Gasteiger partial charge < -0.3 is 10.2 Å². The third kappa shape index (κ3) is 5.16. The van der Waals surface area contributed by atoms with Crippen LogP contribution in [0.3, 0.4) is 0 Å². The van der Waals surface area contributed by atoms with Gasteiger partial charge >= 0.3 is 0 Å². The first-order valence-electron chi connectivity index (χ1n) is 9.65. The van der Waals surface area contributed by atoms with Crippen LogP contribution in [0.1, 0.15) is 22.8 Å². The minimum atomic E-state index is -0.258. The first-order valence-corrected chi connectivity index (χ1v) is 9.65. The maximum absolute atomic E-state index is 12.9. The van der Waals surface area contributed by atoms with Crippen molar-refractivity contribution in [3.8, 4) is 0 Å². The fraction of sp³-hybridized carbons (Fsp3) is 0.364. The molecule has 2 aromatic carbocycles. The predicted molar refractivity (Wildman–Crippen MR) is 106 cm³/mol. The Morgan fingerprint density at radius 1 is 1.00 bits per heavy atom. The normalized spacial score (nSPS) is 15.9. The van der Waals surface area contributed by atoms with Crippen LogP contribution in [0.2, 0.25) is 0 Å². The van der Waals surface area contributed by atoms with Crippen molar-refractivity contribution in [1.82, 2.24) is 15.1 Å². The highest BCUT2D eigenvalue weighted by Crippen LogP contribution is 2.11. The molecule has 0 radical (unpaired) electrons. The number of rotatable bonds is 6. The quantitative estimate of drug-likeness (QED) is 0.833. The van der Waals surface area contributed by atoms with Gasteiger partial charge in [0.1, 0.15) is 5.82 Å². The summed E-state index contributed by atoms with van der Waals surface area (Å²) in [5.74, 6) is -0.243. The van der Waals surface area contributed by atoms with E-state index in [4.69, 9.17) is 0 Å². The summed E-state index contributed by atoms with van der Waals surface area (Å²) >= 11 is 0. The van der Waals surface area contributed by atoms with E-state index in [1.54, 1.807) is 12.1 Å². The van der Waals surface area contributed by atoms with E-state index in [1.807, 2.05) is 42.2 Å². The van der Waals surface area contributed by atoms with Gasteiger partial charge in [-0.05, 0) is 43.2 Å². The fourth-order valence-corrected chi connectivity index (χ4v) is 3.37. The molecule has 148 valence electrons. The van der Waals surface area contributed by atoms with E-state index in [2.05, 4.69) is 10.2 Å². The molecule has 1 aliphatic heterocycles. The minimum absolute atomic E-state index is 0.0232. The molecule has 0 spiro atoms. The number of amides is 2. The molecule has 1 saturated heterocycles. The van der Waals surface area contributed by atoms with Crippen LogP contribution < -0.4 is 5.32 Å². The SMILES string of the molecule is CC(C(=O)NCCc1ccc(F)cc1)N1CCN(C(=O)c2ccccc2)CC1. The van der Waals surface area contributed by atoms with Crippen LogP contribution in [0, 0.1) is 5.82 Å². The highest BCUT2D eigenvalue weighted by Gasteiger charge is 2.27. The van der Waals surface area contributed by atoms with Crippen molar-refractivity contribution in [2.45, 2.75) is 19.4 Å². The number of hydrogen-bond acceptors (Lipinski definition) is 3. The summed E-state index contributed by atoms with van der Waals surface area (Å²) in [6.45, 7) is 4.97. The van der Waals surface area contributed by atoms with Crippen molar-refractivity contribution in [2.75, 3.05) is 32.7 Å². The molecule has 2 amide bonds. The lowest BCUT2D eigenvalue weighted by molar-refractivity contribution is -0.126. The second-order valence-electron chi connectivity index (χ2n) is 7.04. The molecule has 0 bridgehead atoms. The van der Waals surface area contributed by atoms with Crippen molar-refractivity contribution in [1.29, 1.82) is 0 Å². The Kier molecular flexibility index (Phi) is 6.76. The number of nitrogens with zero attached hydrogens (tertiary/aromatic N) is 2. The Hall–Kier alpha value is -2.73.